The smallest absolute Gasteiger partial charge is 0.407 e. The summed E-state index contributed by atoms with van der Waals surface area (Å²) >= 11 is 1.46. The van der Waals surface area contributed by atoms with E-state index in [0.29, 0.717) is 5.75 Å². The van der Waals surface area contributed by atoms with Crippen LogP contribution in [0.15, 0.2) is 54.6 Å². The van der Waals surface area contributed by atoms with Crippen LogP contribution in [0.1, 0.15) is 45.7 Å². The third-order valence-electron chi connectivity index (χ3n) is 6.34. The lowest BCUT2D eigenvalue weighted by Crippen LogP contribution is -2.58. The first kappa shape index (κ1) is 30.3. The topological polar surface area (TPSA) is 117 Å². The molecule has 2 aromatic rings. The molecule has 0 spiro atoms. The number of hydrogen-bond acceptors (Lipinski definition) is 7. The van der Waals surface area contributed by atoms with Crippen molar-refractivity contribution in [3.63, 3.8) is 0 Å². The van der Waals surface area contributed by atoms with Gasteiger partial charge in [-0.1, -0.05) is 42.5 Å². The summed E-state index contributed by atoms with van der Waals surface area (Å²) in [5.74, 6) is -0.00136. The normalized spacial score (nSPS) is 18.1. The van der Waals surface area contributed by atoms with E-state index in [4.69, 9.17) is 9.47 Å². The maximum atomic E-state index is 13.7. The zero-order valence-corrected chi connectivity index (χ0v) is 24.2. The van der Waals surface area contributed by atoms with Crippen LogP contribution in [0.3, 0.4) is 0 Å². The van der Waals surface area contributed by atoms with E-state index in [1.165, 1.54) is 16.7 Å². The van der Waals surface area contributed by atoms with Gasteiger partial charge < -0.3 is 30.1 Å². The number of nitrogens with one attached hydrogen (secondary N) is 2. The molecule has 10 heteroatoms. The minimum atomic E-state index is -1.59. The molecule has 39 heavy (non-hydrogen) atoms. The fourth-order valence-corrected chi connectivity index (χ4v) is 5.49. The van der Waals surface area contributed by atoms with Crippen molar-refractivity contribution in [1.29, 1.82) is 0 Å². The van der Waals surface area contributed by atoms with Crippen molar-refractivity contribution in [3.8, 4) is 5.75 Å². The number of benzene rings is 2. The van der Waals surface area contributed by atoms with E-state index in [1.54, 1.807) is 27.9 Å². The van der Waals surface area contributed by atoms with Crippen molar-refractivity contribution in [3.05, 3.63) is 65.7 Å². The second-order valence-electron chi connectivity index (χ2n) is 11.0. The van der Waals surface area contributed by atoms with Gasteiger partial charge in [0.1, 0.15) is 17.4 Å². The summed E-state index contributed by atoms with van der Waals surface area (Å²) in [6.45, 7) is 9.28. The number of aliphatic hydroxyl groups excluding tert-OH is 1. The number of nitrogens with zero attached hydrogens (tertiary/aromatic N) is 1. The summed E-state index contributed by atoms with van der Waals surface area (Å²) in [6, 6.07) is 14.8. The van der Waals surface area contributed by atoms with Crippen molar-refractivity contribution in [1.82, 2.24) is 15.5 Å². The largest absolute Gasteiger partial charge is 0.497 e. The van der Waals surface area contributed by atoms with Gasteiger partial charge in [0.25, 0.3) is 5.91 Å². The predicted molar refractivity (Wildman–Crippen MR) is 151 cm³/mol. The van der Waals surface area contributed by atoms with Crippen LogP contribution in [-0.2, 0) is 27.3 Å². The van der Waals surface area contributed by atoms with Gasteiger partial charge in [-0.05, 0) is 64.3 Å². The Balaban J connectivity index is 1.77. The minimum absolute atomic E-state index is 0.200. The highest BCUT2D eigenvalue weighted by atomic mass is 32.2. The molecule has 1 aliphatic heterocycles. The average molecular weight is 558 g/mol. The molecule has 3 atom stereocenters. The van der Waals surface area contributed by atoms with E-state index in [-0.39, 0.29) is 24.7 Å². The molecular formula is C29H39N3O6S. The minimum Gasteiger partial charge on any atom is -0.497 e. The van der Waals surface area contributed by atoms with Crippen LogP contribution in [0.2, 0.25) is 0 Å². The zero-order valence-electron chi connectivity index (χ0n) is 23.4. The number of carbonyl (C=O) groups is 3. The van der Waals surface area contributed by atoms with Crippen LogP contribution >= 0.6 is 11.8 Å². The molecule has 0 aromatic heterocycles. The maximum absolute atomic E-state index is 13.7. The van der Waals surface area contributed by atoms with Gasteiger partial charge in [-0.2, -0.15) is 0 Å². The van der Waals surface area contributed by atoms with Crippen LogP contribution in [0.5, 0.6) is 5.75 Å². The third-order valence-corrected chi connectivity index (χ3v) is 7.71. The monoisotopic (exact) mass is 557 g/mol. The van der Waals surface area contributed by atoms with E-state index in [9.17, 15) is 19.5 Å². The Morgan fingerprint density at radius 3 is 2.31 bits per heavy atom. The summed E-state index contributed by atoms with van der Waals surface area (Å²) in [5.41, 5.74) is 0.962. The second kappa shape index (κ2) is 12.7. The molecule has 1 saturated heterocycles. The Morgan fingerprint density at radius 1 is 1.08 bits per heavy atom. The third kappa shape index (κ3) is 8.37. The first-order valence-corrected chi connectivity index (χ1v) is 13.9. The van der Waals surface area contributed by atoms with Crippen molar-refractivity contribution >= 4 is 29.7 Å². The molecule has 3 rings (SSSR count). The van der Waals surface area contributed by atoms with Gasteiger partial charge in [0, 0.05) is 11.3 Å². The lowest BCUT2D eigenvalue weighted by Gasteiger charge is -2.33. The Bertz CT molecular complexity index is 1130. The molecule has 212 valence electrons. The first-order valence-electron chi connectivity index (χ1n) is 12.9. The van der Waals surface area contributed by atoms with Gasteiger partial charge in [-0.25, -0.2) is 4.79 Å². The van der Waals surface area contributed by atoms with Gasteiger partial charge in [-0.15, -0.1) is 11.8 Å². The molecule has 9 nitrogen and oxygen atoms in total. The summed E-state index contributed by atoms with van der Waals surface area (Å²) in [6.07, 6.45) is -2.13. The molecule has 0 bridgehead atoms. The van der Waals surface area contributed by atoms with Crippen LogP contribution in [-0.4, -0.2) is 69.4 Å². The molecule has 1 aliphatic rings. The number of aliphatic hydroxyl groups is 1. The highest BCUT2D eigenvalue weighted by Gasteiger charge is 2.49. The summed E-state index contributed by atoms with van der Waals surface area (Å²) < 4.78 is 9.97. The summed E-state index contributed by atoms with van der Waals surface area (Å²) in [7, 11) is 1.59. The average Bonchev–Trinajstić information content (AvgIpc) is 3.20. The molecule has 3 amide bonds. The number of ether oxygens (including phenoxy) is 2. The fourth-order valence-electron chi connectivity index (χ4n) is 4.35. The molecule has 0 radical (unpaired) electrons. The number of alkyl carbamates (subject to hydrolysis) is 1. The lowest BCUT2D eigenvalue weighted by atomic mass is 9.97. The Hall–Kier alpha value is -3.24. The first-order chi connectivity index (χ1) is 18.3. The Morgan fingerprint density at radius 2 is 1.72 bits per heavy atom. The van der Waals surface area contributed by atoms with Crippen LogP contribution in [0.4, 0.5) is 4.79 Å². The molecule has 0 saturated carbocycles. The molecule has 0 aliphatic carbocycles. The number of methoxy groups -OCH3 is 1. The van der Waals surface area contributed by atoms with Crippen LogP contribution < -0.4 is 15.4 Å². The summed E-state index contributed by atoms with van der Waals surface area (Å²) in [5, 5.41) is 16.9. The fraction of sp³-hybridized carbons (Fsp3) is 0.483. The van der Waals surface area contributed by atoms with Gasteiger partial charge in [0.2, 0.25) is 5.91 Å². The van der Waals surface area contributed by atoms with E-state index in [2.05, 4.69) is 10.6 Å². The van der Waals surface area contributed by atoms with Gasteiger partial charge in [0.05, 0.1) is 19.0 Å². The van der Waals surface area contributed by atoms with Crippen molar-refractivity contribution < 1.29 is 29.0 Å². The van der Waals surface area contributed by atoms with E-state index in [1.807, 2.05) is 68.4 Å². The molecule has 1 unspecified atom stereocenters. The van der Waals surface area contributed by atoms with Crippen molar-refractivity contribution in [2.75, 3.05) is 13.0 Å². The Kier molecular flexibility index (Phi) is 9.90. The van der Waals surface area contributed by atoms with Gasteiger partial charge in [0.15, 0.2) is 6.10 Å². The van der Waals surface area contributed by atoms with E-state index >= 15 is 0 Å². The molecular weight excluding hydrogens is 518 g/mol. The number of carbonyl (C=O) groups excluding carboxylic acids is 3. The molecule has 3 N–H and O–H groups in total. The lowest BCUT2D eigenvalue weighted by molar-refractivity contribution is -0.147. The quantitative estimate of drug-likeness (QED) is 0.432. The Labute approximate surface area is 234 Å². The van der Waals surface area contributed by atoms with Crippen molar-refractivity contribution in [2.24, 2.45) is 0 Å². The predicted octanol–water partition coefficient (Wildman–Crippen LogP) is 3.49. The number of hydrogen-bond donors (Lipinski definition) is 3. The number of thioether (sulfide) groups is 1. The number of rotatable bonds is 9. The van der Waals surface area contributed by atoms with Crippen molar-refractivity contribution in [2.45, 2.75) is 76.1 Å². The molecule has 1 heterocycles. The molecule has 1 fully saturated rings. The van der Waals surface area contributed by atoms with E-state index in [0.717, 1.165) is 11.1 Å². The molecule has 2 aromatic carbocycles. The maximum Gasteiger partial charge on any atom is 0.407 e. The van der Waals surface area contributed by atoms with Gasteiger partial charge in [-0.3, -0.25) is 9.59 Å². The van der Waals surface area contributed by atoms with E-state index < -0.39 is 40.5 Å². The van der Waals surface area contributed by atoms with Crippen LogP contribution in [0, 0.1) is 0 Å². The van der Waals surface area contributed by atoms with Gasteiger partial charge >= 0.3 is 6.09 Å². The number of amides is 3. The standard InChI is InChI=1S/C29H39N3O6S/c1-28(2,3)38-27(36)31-22(16-19-10-8-7-9-11-19)23(33)26(35)32-18-39-29(4,5)24(32)25(34)30-17-20-12-14-21(37-6)15-13-20/h7-15,22-24,33H,16-18H2,1-6H3,(H,30,34)(H,31,36)/t22-,23-,24?/m0/s1. The van der Waals surface area contributed by atoms with Crippen LogP contribution in [0.25, 0.3) is 0 Å². The SMILES string of the molecule is COc1ccc(CNC(=O)C2N(C(=O)[C@@H](O)[C@H](Cc3ccccc3)NC(=O)OC(C)(C)C)CSC2(C)C)cc1. The highest BCUT2D eigenvalue weighted by Crippen LogP contribution is 2.40. The zero-order chi connectivity index (χ0) is 28.8. The second-order valence-corrected chi connectivity index (χ2v) is 12.6. The summed E-state index contributed by atoms with van der Waals surface area (Å²) in [4.78, 5) is 41.0. The highest BCUT2D eigenvalue weighted by molar-refractivity contribution is 8.00.